The number of amides is 2. The summed E-state index contributed by atoms with van der Waals surface area (Å²) < 4.78 is 19.4. The van der Waals surface area contributed by atoms with Gasteiger partial charge >= 0.3 is 12.0 Å². The number of anilines is 4. The first-order valence-electron chi connectivity index (χ1n) is 13.3. The Kier molecular flexibility index (Phi) is 9.41. The molecule has 0 bridgehead atoms. The Labute approximate surface area is 237 Å². The van der Waals surface area contributed by atoms with Crippen molar-refractivity contribution in [1.29, 1.82) is 0 Å². The molecule has 0 radical (unpaired) electrons. The molecule has 0 saturated carbocycles. The van der Waals surface area contributed by atoms with Crippen molar-refractivity contribution in [3.05, 3.63) is 77.6 Å². The Hall–Kier alpha value is -4.64. The fourth-order valence-corrected chi connectivity index (χ4v) is 5.06. The SMILES string of the molecule is COc1cc(CC(=O)C(CN(C)c2ccc(C(=O)O)cc2N)C2CCCN2)ccc1NC(=O)Nc1ccccc1F. The first-order chi connectivity index (χ1) is 19.7. The predicted molar refractivity (Wildman–Crippen MR) is 156 cm³/mol. The third kappa shape index (κ3) is 7.31. The molecule has 0 spiro atoms. The van der Waals surface area contributed by atoms with Crippen LogP contribution in [0.25, 0.3) is 0 Å². The van der Waals surface area contributed by atoms with Crippen molar-refractivity contribution in [2.75, 3.05) is 48.5 Å². The van der Waals surface area contributed by atoms with E-state index in [-0.39, 0.29) is 35.4 Å². The lowest BCUT2D eigenvalue weighted by molar-refractivity contribution is -0.122. The van der Waals surface area contributed by atoms with E-state index in [1.165, 1.54) is 37.4 Å². The Morgan fingerprint density at radius 1 is 1.12 bits per heavy atom. The highest BCUT2D eigenvalue weighted by Gasteiger charge is 2.32. The van der Waals surface area contributed by atoms with Gasteiger partial charge in [-0.1, -0.05) is 18.2 Å². The molecule has 2 atom stereocenters. The zero-order chi connectivity index (χ0) is 29.5. The first-order valence-corrected chi connectivity index (χ1v) is 13.3. The van der Waals surface area contributed by atoms with Crippen LogP contribution in [0.4, 0.5) is 31.9 Å². The van der Waals surface area contributed by atoms with E-state index in [1.54, 1.807) is 30.3 Å². The number of methoxy groups -OCH3 is 1. The Morgan fingerprint density at radius 2 is 1.88 bits per heavy atom. The summed E-state index contributed by atoms with van der Waals surface area (Å²) in [5.74, 6) is -1.58. The zero-order valence-corrected chi connectivity index (χ0v) is 22.9. The fraction of sp³-hybridized carbons (Fsp3) is 0.300. The number of carboxylic acid groups (broad SMARTS) is 1. The summed E-state index contributed by atoms with van der Waals surface area (Å²) in [6, 6.07) is 14.8. The number of carbonyl (C=O) groups is 3. The van der Waals surface area contributed by atoms with E-state index in [0.29, 0.717) is 34.9 Å². The Balaban J connectivity index is 1.47. The van der Waals surface area contributed by atoms with Gasteiger partial charge in [0.1, 0.15) is 17.3 Å². The minimum absolute atomic E-state index is 0.00520. The topological polar surface area (TPSA) is 146 Å². The largest absolute Gasteiger partial charge is 0.495 e. The highest BCUT2D eigenvalue weighted by molar-refractivity contribution is 6.00. The summed E-state index contributed by atoms with van der Waals surface area (Å²) in [5, 5.41) is 17.8. The first kappa shape index (κ1) is 29.3. The summed E-state index contributed by atoms with van der Waals surface area (Å²) >= 11 is 0. The number of benzene rings is 3. The lowest BCUT2D eigenvalue weighted by atomic mass is 9.89. The minimum atomic E-state index is -1.06. The van der Waals surface area contributed by atoms with E-state index in [2.05, 4.69) is 16.0 Å². The van der Waals surface area contributed by atoms with Gasteiger partial charge in [0, 0.05) is 26.1 Å². The summed E-state index contributed by atoms with van der Waals surface area (Å²) in [4.78, 5) is 39.3. The van der Waals surface area contributed by atoms with E-state index in [0.717, 1.165) is 19.4 Å². The van der Waals surface area contributed by atoms with Crippen LogP contribution in [-0.4, -0.2) is 56.2 Å². The van der Waals surface area contributed by atoms with Crippen LogP contribution in [0.2, 0.25) is 0 Å². The number of carboxylic acids is 1. The monoisotopic (exact) mass is 563 g/mol. The molecule has 10 nitrogen and oxygen atoms in total. The van der Waals surface area contributed by atoms with E-state index in [9.17, 15) is 23.9 Å². The third-order valence-corrected chi connectivity index (χ3v) is 7.17. The molecular formula is C30H34FN5O5. The van der Waals surface area contributed by atoms with Crippen LogP contribution < -0.4 is 31.3 Å². The number of urea groups is 1. The molecule has 2 amide bonds. The molecule has 3 aromatic carbocycles. The van der Waals surface area contributed by atoms with Crippen LogP contribution in [0, 0.1) is 11.7 Å². The molecule has 1 aliphatic heterocycles. The molecule has 1 fully saturated rings. The van der Waals surface area contributed by atoms with Gasteiger partial charge in [-0.05, 0) is 67.4 Å². The van der Waals surface area contributed by atoms with Crippen LogP contribution in [0.15, 0.2) is 60.7 Å². The smallest absolute Gasteiger partial charge is 0.335 e. The van der Waals surface area contributed by atoms with Crippen molar-refractivity contribution in [3.8, 4) is 5.75 Å². The van der Waals surface area contributed by atoms with Crippen molar-refractivity contribution in [2.24, 2.45) is 5.92 Å². The molecule has 0 aliphatic carbocycles. The van der Waals surface area contributed by atoms with Crippen LogP contribution in [0.1, 0.15) is 28.8 Å². The summed E-state index contributed by atoms with van der Waals surface area (Å²) in [7, 11) is 3.29. The second-order valence-electron chi connectivity index (χ2n) is 10.0. The molecule has 2 unspecified atom stereocenters. The van der Waals surface area contributed by atoms with Crippen LogP contribution in [0.3, 0.4) is 0 Å². The van der Waals surface area contributed by atoms with Gasteiger partial charge in [0.2, 0.25) is 0 Å². The van der Waals surface area contributed by atoms with Gasteiger partial charge in [-0.3, -0.25) is 4.79 Å². The number of hydrogen-bond acceptors (Lipinski definition) is 7. The summed E-state index contributed by atoms with van der Waals surface area (Å²) in [5.41, 5.74) is 8.34. The second kappa shape index (κ2) is 13.1. The molecule has 1 aliphatic rings. The van der Waals surface area contributed by atoms with Crippen molar-refractivity contribution in [2.45, 2.75) is 25.3 Å². The number of rotatable bonds is 11. The lowest BCUT2D eigenvalue weighted by Crippen LogP contribution is -2.43. The maximum absolute atomic E-state index is 13.9. The molecule has 6 N–H and O–H groups in total. The maximum Gasteiger partial charge on any atom is 0.335 e. The van der Waals surface area contributed by atoms with E-state index < -0.39 is 17.8 Å². The Morgan fingerprint density at radius 3 is 2.54 bits per heavy atom. The number of Topliss-reactive ketones (excluding diaryl/α,β-unsaturated/α-hetero) is 1. The number of ether oxygens (including phenoxy) is 1. The molecule has 41 heavy (non-hydrogen) atoms. The number of nitrogens with two attached hydrogens (primary N) is 1. The molecule has 1 saturated heterocycles. The highest BCUT2D eigenvalue weighted by atomic mass is 19.1. The summed E-state index contributed by atoms with van der Waals surface area (Å²) in [6.45, 7) is 1.22. The number of aromatic carboxylic acids is 1. The lowest BCUT2D eigenvalue weighted by Gasteiger charge is -2.30. The predicted octanol–water partition coefficient (Wildman–Crippen LogP) is 4.37. The fourth-order valence-electron chi connectivity index (χ4n) is 5.06. The van der Waals surface area contributed by atoms with Gasteiger partial charge in [0.05, 0.1) is 41.3 Å². The van der Waals surface area contributed by atoms with Gasteiger partial charge in [-0.25, -0.2) is 14.0 Å². The molecule has 11 heteroatoms. The number of ketones is 1. The average molecular weight is 564 g/mol. The number of hydrogen-bond donors (Lipinski definition) is 5. The molecule has 3 aromatic rings. The van der Waals surface area contributed by atoms with Gasteiger partial charge in [-0.2, -0.15) is 0 Å². The highest BCUT2D eigenvalue weighted by Crippen LogP contribution is 2.29. The number of nitrogen functional groups attached to an aromatic ring is 1. The standard InChI is InChI=1S/C30H34FN5O5/c1-36(26-12-10-19(29(38)39)16-22(26)32)17-20(23-8-5-13-33-23)27(37)14-18-9-11-25(28(15-18)41-2)35-30(40)34-24-7-4-3-6-21(24)31/h3-4,6-7,9-12,15-16,20,23,33H,5,8,13-14,17,32H2,1-2H3,(H,38,39)(H2,34,35,40). The van der Waals surface area contributed by atoms with Crippen molar-refractivity contribution >= 4 is 40.5 Å². The average Bonchev–Trinajstić information content (AvgIpc) is 3.48. The van der Waals surface area contributed by atoms with E-state index in [1.807, 2.05) is 11.9 Å². The number of nitrogens with zero attached hydrogens (tertiary/aromatic N) is 1. The van der Waals surface area contributed by atoms with Gasteiger partial charge in [0.25, 0.3) is 0 Å². The van der Waals surface area contributed by atoms with E-state index in [4.69, 9.17) is 10.5 Å². The molecular weight excluding hydrogens is 529 g/mol. The van der Waals surface area contributed by atoms with Gasteiger partial charge in [0.15, 0.2) is 0 Å². The van der Waals surface area contributed by atoms with Crippen LogP contribution >= 0.6 is 0 Å². The quantitative estimate of drug-likeness (QED) is 0.216. The van der Waals surface area contributed by atoms with Gasteiger partial charge in [-0.15, -0.1) is 0 Å². The van der Waals surface area contributed by atoms with E-state index >= 15 is 0 Å². The molecule has 216 valence electrons. The molecule has 1 heterocycles. The number of nitrogens with one attached hydrogen (secondary N) is 3. The third-order valence-electron chi connectivity index (χ3n) is 7.17. The Bertz CT molecular complexity index is 1430. The normalized spacial score (nSPS) is 15.1. The second-order valence-corrected chi connectivity index (χ2v) is 10.0. The molecule has 0 aromatic heterocycles. The van der Waals surface area contributed by atoms with Crippen molar-refractivity contribution < 1.29 is 28.6 Å². The molecule has 4 rings (SSSR count). The number of halogens is 1. The summed E-state index contributed by atoms with van der Waals surface area (Å²) in [6.07, 6.45) is 1.97. The van der Waals surface area contributed by atoms with Crippen LogP contribution in [0.5, 0.6) is 5.75 Å². The minimum Gasteiger partial charge on any atom is -0.495 e. The van der Waals surface area contributed by atoms with Gasteiger partial charge < -0.3 is 36.4 Å². The maximum atomic E-state index is 13.9. The van der Waals surface area contributed by atoms with Crippen molar-refractivity contribution in [1.82, 2.24) is 5.32 Å². The zero-order valence-electron chi connectivity index (χ0n) is 22.9. The van der Waals surface area contributed by atoms with Crippen LogP contribution in [-0.2, 0) is 11.2 Å². The number of para-hydroxylation sites is 1. The van der Waals surface area contributed by atoms with Crippen molar-refractivity contribution in [3.63, 3.8) is 0 Å². The number of carbonyl (C=O) groups excluding carboxylic acids is 2.